The van der Waals surface area contributed by atoms with Crippen molar-refractivity contribution < 1.29 is 4.79 Å². The summed E-state index contributed by atoms with van der Waals surface area (Å²) in [6, 6.07) is 16.7. The Labute approximate surface area is 186 Å². The zero-order valence-corrected chi connectivity index (χ0v) is 18.9. The second-order valence-electron chi connectivity index (χ2n) is 7.89. The minimum absolute atomic E-state index is 0.0671. The highest BCUT2D eigenvalue weighted by Gasteiger charge is 2.24. The Morgan fingerprint density at radius 3 is 2.61 bits per heavy atom. The number of aliphatic imine (C=N–C) groups is 1. The van der Waals surface area contributed by atoms with Crippen LogP contribution >= 0.6 is 0 Å². The highest BCUT2D eigenvalue weighted by Crippen LogP contribution is 2.31. The number of benzene rings is 2. The quantitative estimate of drug-likeness (QED) is 0.426. The lowest BCUT2D eigenvalue weighted by Crippen LogP contribution is -2.40. The van der Waals surface area contributed by atoms with E-state index in [0.717, 1.165) is 37.8 Å². The SMILES string of the molecule is CCNC(=NCc1cccc(CN(CC)CC)c1)NCC1CC(=O)Nc2ccccc21. The van der Waals surface area contributed by atoms with Crippen LogP contribution in [0.1, 0.15) is 49.8 Å². The van der Waals surface area contributed by atoms with Crippen LogP contribution in [0.4, 0.5) is 5.69 Å². The van der Waals surface area contributed by atoms with Crippen molar-refractivity contribution in [3.8, 4) is 0 Å². The number of para-hydroxylation sites is 1. The molecule has 1 heterocycles. The van der Waals surface area contributed by atoms with Crippen LogP contribution in [0.5, 0.6) is 0 Å². The van der Waals surface area contributed by atoms with Gasteiger partial charge in [-0.15, -0.1) is 0 Å². The number of anilines is 1. The molecule has 166 valence electrons. The predicted octanol–water partition coefficient (Wildman–Crippen LogP) is 3.71. The Morgan fingerprint density at radius 1 is 1.06 bits per heavy atom. The summed E-state index contributed by atoms with van der Waals surface area (Å²) < 4.78 is 0. The summed E-state index contributed by atoms with van der Waals surface area (Å²) in [6.07, 6.45) is 0.483. The number of hydrogen-bond acceptors (Lipinski definition) is 3. The second-order valence-corrected chi connectivity index (χ2v) is 7.89. The van der Waals surface area contributed by atoms with Gasteiger partial charge in [0.1, 0.15) is 0 Å². The number of nitrogens with one attached hydrogen (secondary N) is 3. The molecule has 2 aromatic rings. The molecule has 0 spiro atoms. The van der Waals surface area contributed by atoms with Gasteiger partial charge in [-0.1, -0.05) is 56.3 Å². The summed E-state index contributed by atoms with van der Waals surface area (Å²) in [5.74, 6) is 0.976. The summed E-state index contributed by atoms with van der Waals surface area (Å²) in [5, 5.41) is 9.72. The third kappa shape index (κ3) is 6.56. The largest absolute Gasteiger partial charge is 0.357 e. The molecule has 1 aliphatic heterocycles. The maximum Gasteiger partial charge on any atom is 0.225 e. The van der Waals surface area contributed by atoms with Crippen molar-refractivity contribution in [2.75, 3.05) is 31.5 Å². The van der Waals surface area contributed by atoms with Gasteiger partial charge in [0.25, 0.3) is 0 Å². The number of fused-ring (bicyclic) bond motifs is 1. The number of hydrogen-bond donors (Lipinski definition) is 3. The van der Waals surface area contributed by atoms with Gasteiger partial charge in [-0.3, -0.25) is 9.69 Å². The highest BCUT2D eigenvalue weighted by atomic mass is 16.1. The van der Waals surface area contributed by atoms with E-state index in [1.54, 1.807) is 0 Å². The van der Waals surface area contributed by atoms with E-state index in [0.29, 0.717) is 19.5 Å². The van der Waals surface area contributed by atoms with E-state index in [1.165, 1.54) is 16.7 Å². The van der Waals surface area contributed by atoms with Crippen LogP contribution in [0.15, 0.2) is 53.5 Å². The summed E-state index contributed by atoms with van der Waals surface area (Å²) in [7, 11) is 0. The van der Waals surface area contributed by atoms with Gasteiger partial charge in [0.05, 0.1) is 6.54 Å². The molecule has 1 amide bonds. The van der Waals surface area contributed by atoms with Crippen LogP contribution in [-0.2, 0) is 17.9 Å². The summed E-state index contributed by atoms with van der Waals surface area (Å²) in [5.41, 5.74) is 4.61. The molecule has 0 saturated carbocycles. The minimum Gasteiger partial charge on any atom is -0.357 e. The van der Waals surface area contributed by atoms with Crippen molar-refractivity contribution in [3.63, 3.8) is 0 Å². The Kier molecular flexibility index (Phi) is 8.47. The van der Waals surface area contributed by atoms with E-state index >= 15 is 0 Å². The number of rotatable bonds is 9. The number of nitrogens with zero attached hydrogens (tertiary/aromatic N) is 2. The summed E-state index contributed by atoms with van der Waals surface area (Å²) >= 11 is 0. The third-order valence-electron chi connectivity index (χ3n) is 5.68. The number of amides is 1. The Morgan fingerprint density at radius 2 is 1.84 bits per heavy atom. The Balaban J connectivity index is 1.64. The molecule has 6 nitrogen and oxygen atoms in total. The average molecular weight is 422 g/mol. The molecular formula is C25H35N5O. The molecule has 3 N–H and O–H groups in total. The van der Waals surface area contributed by atoms with E-state index in [-0.39, 0.29) is 11.8 Å². The molecule has 0 radical (unpaired) electrons. The fourth-order valence-corrected chi connectivity index (χ4v) is 3.95. The van der Waals surface area contributed by atoms with E-state index in [4.69, 9.17) is 4.99 Å². The second kappa shape index (κ2) is 11.5. The lowest BCUT2D eigenvalue weighted by molar-refractivity contribution is -0.116. The van der Waals surface area contributed by atoms with Gasteiger partial charge in [-0.25, -0.2) is 4.99 Å². The summed E-state index contributed by atoms with van der Waals surface area (Å²) in [4.78, 5) is 19.3. The van der Waals surface area contributed by atoms with Crippen LogP contribution in [0.3, 0.4) is 0 Å². The van der Waals surface area contributed by atoms with Gasteiger partial charge >= 0.3 is 0 Å². The lowest BCUT2D eigenvalue weighted by atomic mass is 9.90. The van der Waals surface area contributed by atoms with Gasteiger partial charge in [0.2, 0.25) is 5.91 Å². The van der Waals surface area contributed by atoms with E-state index in [2.05, 4.69) is 72.0 Å². The molecule has 2 aromatic carbocycles. The standard InChI is InChI=1S/C25H35N5O/c1-4-26-25(27-16-19-10-9-11-20(14-19)18-30(5-2)6-3)28-17-21-15-24(31)29-23-13-8-7-12-22(21)23/h7-14,21H,4-6,15-18H2,1-3H3,(H,29,31)(H2,26,27,28). The first kappa shape index (κ1) is 22.8. The molecule has 31 heavy (non-hydrogen) atoms. The lowest BCUT2D eigenvalue weighted by Gasteiger charge is -2.26. The monoisotopic (exact) mass is 421 g/mol. The van der Waals surface area contributed by atoms with Gasteiger partial charge in [0.15, 0.2) is 5.96 Å². The third-order valence-corrected chi connectivity index (χ3v) is 5.68. The zero-order valence-electron chi connectivity index (χ0n) is 18.9. The van der Waals surface area contributed by atoms with Gasteiger partial charge in [-0.05, 0) is 42.8 Å². The van der Waals surface area contributed by atoms with Crippen LogP contribution in [0, 0.1) is 0 Å². The maximum atomic E-state index is 12.1. The van der Waals surface area contributed by atoms with E-state index < -0.39 is 0 Å². The number of carbonyl (C=O) groups excluding carboxylic acids is 1. The van der Waals surface area contributed by atoms with Crippen LogP contribution in [0.25, 0.3) is 0 Å². The highest BCUT2D eigenvalue weighted by molar-refractivity contribution is 5.94. The summed E-state index contributed by atoms with van der Waals surface area (Å²) in [6.45, 7) is 11.6. The molecule has 1 unspecified atom stereocenters. The fraction of sp³-hybridized carbons (Fsp3) is 0.440. The minimum atomic E-state index is 0.0671. The molecule has 0 bridgehead atoms. The van der Waals surface area contributed by atoms with Crippen molar-refractivity contribution in [1.29, 1.82) is 0 Å². The fourth-order valence-electron chi connectivity index (χ4n) is 3.95. The van der Waals surface area contributed by atoms with Crippen molar-refractivity contribution >= 4 is 17.6 Å². The van der Waals surface area contributed by atoms with Crippen molar-refractivity contribution in [1.82, 2.24) is 15.5 Å². The van der Waals surface area contributed by atoms with E-state index in [1.807, 2.05) is 18.2 Å². The van der Waals surface area contributed by atoms with E-state index in [9.17, 15) is 4.79 Å². The van der Waals surface area contributed by atoms with Gasteiger partial charge in [0, 0.05) is 37.7 Å². The van der Waals surface area contributed by atoms with Crippen molar-refractivity contribution in [2.45, 2.75) is 46.2 Å². The number of carbonyl (C=O) groups is 1. The first-order valence-electron chi connectivity index (χ1n) is 11.3. The predicted molar refractivity (Wildman–Crippen MR) is 128 cm³/mol. The maximum absolute atomic E-state index is 12.1. The zero-order chi connectivity index (χ0) is 22.1. The molecular weight excluding hydrogens is 386 g/mol. The molecule has 0 fully saturated rings. The first-order valence-corrected chi connectivity index (χ1v) is 11.3. The molecule has 1 atom stereocenters. The van der Waals surface area contributed by atoms with Gasteiger partial charge in [-0.2, -0.15) is 0 Å². The molecule has 0 saturated heterocycles. The first-order chi connectivity index (χ1) is 15.1. The topological polar surface area (TPSA) is 68.8 Å². The number of guanidine groups is 1. The van der Waals surface area contributed by atoms with Crippen LogP contribution in [-0.4, -0.2) is 42.9 Å². The van der Waals surface area contributed by atoms with Crippen LogP contribution in [0.2, 0.25) is 0 Å². The smallest absolute Gasteiger partial charge is 0.225 e. The van der Waals surface area contributed by atoms with Crippen LogP contribution < -0.4 is 16.0 Å². The average Bonchev–Trinajstić information content (AvgIpc) is 2.79. The Hall–Kier alpha value is -2.86. The molecule has 0 aromatic heterocycles. The molecule has 3 rings (SSSR count). The van der Waals surface area contributed by atoms with Crippen molar-refractivity contribution in [3.05, 3.63) is 65.2 Å². The normalized spacial score (nSPS) is 16.1. The molecule has 0 aliphatic carbocycles. The molecule has 6 heteroatoms. The van der Waals surface area contributed by atoms with Gasteiger partial charge < -0.3 is 16.0 Å². The molecule has 1 aliphatic rings. The van der Waals surface area contributed by atoms with Crippen molar-refractivity contribution in [2.24, 2.45) is 4.99 Å². The Bertz CT molecular complexity index is 891.